The first kappa shape index (κ1) is 24.0. The Bertz CT molecular complexity index is 266. The van der Waals surface area contributed by atoms with Gasteiger partial charge in [-0.05, 0) is 31.6 Å². The Kier molecular flexibility index (Phi) is 15.7. The van der Waals surface area contributed by atoms with Crippen LogP contribution in [-0.2, 0) is 9.47 Å². The monoisotopic (exact) mass is 368 g/mol. The number of rotatable bonds is 17. The summed E-state index contributed by atoms with van der Waals surface area (Å²) in [5, 5.41) is 0. The molecule has 0 aromatic rings. The van der Waals surface area contributed by atoms with Gasteiger partial charge in [-0.25, -0.2) is 0 Å². The average molecular weight is 369 g/mol. The van der Waals surface area contributed by atoms with E-state index in [4.69, 9.17) is 9.47 Å². The molecule has 1 fully saturated rings. The Labute approximate surface area is 164 Å². The van der Waals surface area contributed by atoms with Gasteiger partial charge in [-0.3, -0.25) is 0 Å². The van der Waals surface area contributed by atoms with Crippen LogP contribution in [0.5, 0.6) is 0 Å². The van der Waals surface area contributed by atoms with E-state index in [1.807, 2.05) is 0 Å². The highest BCUT2D eigenvalue weighted by molar-refractivity contribution is 4.73. The summed E-state index contributed by atoms with van der Waals surface area (Å²) in [7, 11) is 0. The van der Waals surface area contributed by atoms with Gasteiger partial charge in [0.25, 0.3) is 0 Å². The SMILES string of the molecule is CCCCCCCCOC(OCCCCCCCC)C1CCC(C)CC1. The molecule has 0 aromatic heterocycles. The molecule has 0 radical (unpaired) electrons. The van der Waals surface area contributed by atoms with E-state index in [9.17, 15) is 0 Å². The molecular weight excluding hydrogens is 320 g/mol. The predicted octanol–water partition coefficient (Wildman–Crippen LogP) is 7.89. The lowest BCUT2D eigenvalue weighted by Gasteiger charge is -2.32. The highest BCUT2D eigenvalue weighted by Crippen LogP contribution is 2.32. The lowest BCUT2D eigenvalue weighted by molar-refractivity contribution is -0.180. The van der Waals surface area contributed by atoms with Crippen molar-refractivity contribution in [2.45, 2.75) is 130 Å². The van der Waals surface area contributed by atoms with Crippen LogP contribution < -0.4 is 0 Å². The maximum atomic E-state index is 6.25. The number of hydrogen-bond donors (Lipinski definition) is 0. The first-order chi connectivity index (χ1) is 12.8. The fourth-order valence-electron chi connectivity index (χ4n) is 4.04. The van der Waals surface area contributed by atoms with Gasteiger partial charge < -0.3 is 9.47 Å². The van der Waals surface area contributed by atoms with E-state index in [1.165, 1.54) is 103 Å². The van der Waals surface area contributed by atoms with Crippen LogP contribution >= 0.6 is 0 Å². The van der Waals surface area contributed by atoms with Crippen molar-refractivity contribution in [2.75, 3.05) is 13.2 Å². The molecule has 1 saturated carbocycles. The molecule has 0 unspecified atom stereocenters. The minimum atomic E-state index is 0.0637. The summed E-state index contributed by atoms with van der Waals surface area (Å²) in [4.78, 5) is 0. The molecule has 156 valence electrons. The third-order valence-corrected chi connectivity index (χ3v) is 6.01. The molecule has 0 spiro atoms. The Morgan fingerprint density at radius 2 is 1.04 bits per heavy atom. The van der Waals surface area contributed by atoms with Crippen LogP contribution in [0.15, 0.2) is 0 Å². The molecule has 26 heavy (non-hydrogen) atoms. The molecule has 1 aliphatic carbocycles. The van der Waals surface area contributed by atoms with E-state index in [-0.39, 0.29) is 6.29 Å². The van der Waals surface area contributed by atoms with Crippen LogP contribution in [-0.4, -0.2) is 19.5 Å². The summed E-state index contributed by atoms with van der Waals surface area (Å²) >= 11 is 0. The van der Waals surface area contributed by atoms with E-state index in [0.29, 0.717) is 5.92 Å². The summed E-state index contributed by atoms with van der Waals surface area (Å²) in [6.45, 7) is 8.72. The van der Waals surface area contributed by atoms with Crippen molar-refractivity contribution < 1.29 is 9.47 Å². The molecule has 0 bridgehead atoms. The van der Waals surface area contributed by atoms with Crippen molar-refractivity contribution in [1.82, 2.24) is 0 Å². The van der Waals surface area contributed by atoms with Crippen molar-refractivity contribution in [3.05, 3.63) is 0 Å². The van der Waals surface area contributed by atoms with E-state index < -0.39 is 0 Å². The topological polar surface area (TPSA) is 18.5 Å². The van der Waals surface area contributed by atoms with Gasteiger partial charge in [-0.2, -0.15) is 0 Å². The molecule has 0 atom stereocenters. The summed E-state index contributed by atoms with van der Waals surface area (Å²) in [5.41, 5.74) is 0. The van der Waals surface area contributed by atoms with Crippen molar-refractivity contribution in [3.8, 4) is 0 Å². The average Bonchev–Trinajstić information content (AvgIpc) is 2.65. The van der Waals surface area contributed by atoms with Crippen molar-refractivity contribution in [3.63, 3.8) is 0 Å². The minimum absolute atomic E-state index is 0.0637. The second kappa shape index (κ2) is 17.0. The van der Waals surface area contributed by atoms with Crippen LogP contribution in [0.3, 0.4) is 0 Å². The second-order valence-electron chi connectivity index (χ2n) is 8.67. The molecule has 1 rings (SSSR count). The Morgan fingerprint density at radius 1 is 0.615 bits per heavy atom. The van der Waals surface area contributed by atoms with Gasteiger partial charge >= 0.3 is 0 Å². The van der Waals surface area contributed by atoms with Crippen LogP contribution in [0, 0.1) is 11.8 Å². The largest absolute Gasteiger partial charge is 0.352 e. The molecule has 0 saturated heterocycles. The van der Waals surface area contributed by atoms with Crippen molar-refractivity contribution in [1.29, 1.82) is 0 Å². The van der Waals surface area contributed by atoms with Gasteiger partial charge in [-0.15, -0.1) is 0 Å². The zero-order chi connectivity index (χ0) is 18.9. The van der Waals surface area contributed by atoms with Gasteiger partial charge in [0.1, 0.15) is 0 Å². The summed E-state index contributed by atoms with van der Waals surface area (Å²) in [6, 6.07) is 0. The highest BCUT2D eigenvalue weighted by Gasteiger charge is 2.27. The van der Waals surface area contributed by atoms with Crippen LogP contribution in [0.4, 0.5) is 0 Å². The second-order valence-corrected chi connectivity index (χ2v) is 8.67. The van der Waals surface area contributed by atoms with Crippen molar-refractivity contribution >= 4 is 0 Å². The molecule has 0 aliphatic heterocycles. The molecular formula is C24H48O2. The molecule has 2 nitrogen and oxygen atoms in total. The smallest absolute Gasteiger partial charge is 0.160 e. The van der Waals surface area contributed by atoms with E-state index >= 15 is 0 Å². The van der Waals surface area contributed by atoms with E-state index in [2.05, 4.69) is 20.8 Å². The molecule has 1 aliphatic rings. The maximum Gasteiger partial charge on any atom is 0.160 e. The fraction of sp³-hybridized carbons (Fsp3) is 1.00. The van der Waals surface area contributed by atoms with Gasteiger partial charge in [0.05, 0.1) is 0 Å². The Balaban J connectivity index is 2.19. The van der Waals surface area contributed by atoms with Crippen LogP contribution in [0.1, 0.15) is 124 Å². The number of ether oxygens (including phenoxy) is 2. The normalized spacial score (nSPS) is 20.8. The number of unbranched alkanes of at least 4 members (excludes halogenated alkanes) is 10. The number of hydrogen-bond acceptors (Lipinski definition) is 2. The first-order valence-electron chi connectivity index (χ1n) is 12.0. The molecule has 0 amide bonds. The standard InChI is InChI=1S/C24H48O2/c1-4-6-8-10-12-14-20-25-24(23-18-16-22(3)17-19-23)26-21-15-13-11-9-7-5-2/h22-24H,4-21H2,1-3H3. The van der Waals surface area contributed by atoms with Gasteiger partial charge in [0, 0.05) is 19.1 Å². The molecule has 2 heteroatoms. The zero-order valence-corrected chi connectivity index (χ0v) is 18.3. The first-order valence-corrected chi connectivity index (χ1v) is 12.0. The van der Waals surface area contributed by atoms with Crippen LogP contribution in [0.2, 0.25) is 0 Å². The third kappa shape index (κ3) is 12.3. The van der Waals surface area contributed by atoms with Gasteiger partial charge in [-0.1, -0.05) is 97.8 Å². The quantitative estimate of drug-likeness (QED) is 0.192. The van der Waals surface area contributed by atoms with E-state index in [1.54, 1.807) is 0 Å². The molecule has 0 N–H and O–H groups in total. The van der Waals surface area contributed by atoms with Gasteiger partial charge in [0.15, 0.2) is 6.29 Å². The Hall–Kier alpha value is -0.0800. The highest BCUT2D eigenvalue weighted by atomic mass is 16.7. The lowest BCUT2D eigenvalue weighted by atomic mass is 9.82. The lowest BCUT2D eigenvalue weighted by Crippen LogP contribution is -2.31. The minimum Gasteiger partial charge on any atom is -0.352 e. The maximum absolute atomic E-state index is 6.25. The molecule has 0 heterocycles. The van der Waals surface area contributed by atoms with Crippen LogP contribution in [0.25, 0.3) is 0 Å². The fourth-order valence-corrected chi connectivity index (χ4v) is 4.04. The summed E-state index contributed by atoms with van der Waals surface area (Å²) in [6.07, 6.45) is 21.3. The summed E-state index contributed by atoms with van der Waals surface area (Å²) in [5.74, 6) is 1.52. The molecule has 0 aromatic carbocycles. The zero-order valence-electron chi connectivity index (χ0n) is 18.3. The summed E-state index contributed by atoms with van der Waals surface area (Å²) < 4.78 is 12.5. The predicted molar refractivity (Wildman–Crippen MR) is 114 cm³/mol. The van der Waals surface area contributed by atoms with Crippen molar-refractivity contribution in [2.24, 2.45) is 11.8 Å². The van der Waals surface area contributed by atoms with E-state index in [0.717, 1.165) is 19.1 Å². The third-order valence-electron chi connectivity index (χ3n) is 6.01. The van der Waals surface area contributed by atoms with Gasteiger partial charge in [0.2, 0.25) is 0 Å². The Morgan fingerprint density at radius 3 is 1.50 bits per heavy atom.